The van der Waals surface area contributed by atoms with E-state index in [-0.39, 0.29) is 50.6 Å². The standard InChI is InChI=1S/C20H12ClN3O6/c1-9-6-16-18(20(25)28-9)17(12(8-22)19(23)30-16)15-5-4-14(29-15)11-7-10(24(26)27)2-3-13(11)21/h2-7,17H,23H2,1H3/t17-/m0/s1. The number of benzene rings is 1. The zero-order chi connectivity index (χ0) is 21.6. The summed E-state index contributed by atoms with van der Waals surface area (Å²) in [5.74, 6) is -0.231. The minimum atomic E-state index is -0.971. The highest BCUT2D eigenvalue weighted by atomic mass is 35.5. The van der Waals surface area contributed by atoms with Crippen LogP contribution in [0.1, 0.15) is 23.0 Å². The normalized spacial score (nSPS) is 15.3. The number of furan rings is 1. The largest absolute Gasteiger partial charge is 0.460 e. The summed E-state index contributed by atoms with van der Waals surface area (Å²) in [6, 6.07) is 10.4. The molecule has 0 fully saturated rings. The molecule has 0 saturated heterocycles. The van der Waals surface area contributed by atoms with Crippen LogP contribution in [-0.2, 0) is 0 Å². The van der Waals surface area contributed by atoms with Crippen LogP contribution in [0.2, 0.25) is 5.02 Å². The van der Waals surface area contributed by atoms with Crippen LogP contribution >= 0.6 is 11.6 Å². The minimum absolute atomic E-state index is 0.0234. The van der Waals surface area contributed by atoms with Gasteiger partial charge >= 0.3 is 5.63 Å². The number of nitro benzene ring substituents is 1. The number of nitro groups is 1. The number of fused-ring (bicyclic) bond motifs is 1. The van der Waals surface area contributed by atoms with Gasteiger partial charge in [0.05, 0.1) is 21.4 Å². The Morgan fingerprint density at radius 2 is 2.00 bits per heavy atom. The average molecular weight is 426 g/mol. The van der Waals surface area contributed by atoms with Crippen LogP contribution in [0.25, 0.3) is 11.3 Å². The van der Waals surface area contributed by atoms with Gasteiger partial charge in [0, 0.05) is 23.8 Å². The van der Waals surface area contributed by atoms with Gasteiger partial charge in [0.2, 0.25) is 5.88 Å². The molecule has 0 saturated carbocycles. The summed E-state index contributed by atoms with van der Waals surface area (Å²) in [6.45, 7) is 1.58. The minimum Gasteiger partial charge on any atom is -0.460 e. The number of allylic oxidation sites excluding steroid dienone is 1. The molecule has 3 heterocycles. The zero-order valence-electron chi connectivity index (χ0n) is 15.3. The van der Waals surface area contributed by atoms with E-state index < -0.39 is 16.5 Å². The Hall–Kier alpha value is -4.03. The summed E-state index contributed by atoms with van der Waals surface area (Å²) in [6.07, 6.45) is 0. The summed E-state index contributed by atoms with van der Waals surface area (Å²) in [4.78, 5) is 23.1. The zero-order valence-corrected chi connectivity index (χ0v) is 16.1. The third-order valence-electron chi connectivity index (χ3n) is 4.59. The number of hydrogen-bond donors (Lipinski definition) is 1. The molecule has 0 aliphatic carbocycles. The number of nitrogens with two attached hydrogens (primary N) is 1. The molecule has 0 unspecified atom stereocenters. The van der Waals surface area contributed by atoms with Crippen LogP contribution in [0.5, 0.6) is 5.75 Å². The molecule has 4 rings (SSSR count). The summed E-state index contributed by atoms with van der Waals surface area (Å²) < 4.78 is 16.5. The third-order valence-corrected chi connectivity index (χ3v) is 4.92. The summed E-state index contributed by atoms with van der Waals surface area (Å²) in [5.41, 5.74) is 5.37. The van der Waals surface area contributed by atoms with Crippen molar-refractivity contribution < 1.29 is 18.5 Å². The summed E-state index contributed by atoms with van der Waals surface area (Å²) >= 11 is 6.18. The second-order valence-electron chi connectivity index (χ2n) is 6.47. The van der Waals surface area contributed by atoms with Crippen LogP contribution < -0.4 is 16.1 Å². The van der Waals surface area contributed by atoms with Gasteiger partial charge < -0.3 is 19.3 Å². The van der Waals surface area contributed by atoms with Crippen LogP contribution in [0.3, 0.4) is 0 Å². The number of non-ortho nitro benzene ring substituents is 1. The predicted octanol–water partition coefficient (Wildman–Crippen LogP) is 3.99. The molecule has 1 aliphatic rings. The van der Waals surface area contributed by atoms with Gasteiger partial charge in [0.1, 0.15) is 34.7 Å². The molecule has 0 bridgehead atoms. The second kappa shape index (κ2) is 7.09. The van der Waals surface area contributed by atoms with E-state index in [1.807, 2.05) is 6.07 Å². The SMILES string of the molecule is Cc1cc2c(c(=O)o1)[C@H](c1ccc(-c3cc([N+](=O)[O-])ccc3Cl)o1)C(C#N)=C(N)O2. The van der Waals surface area contributed by atoms with Crippen molar-refractivity contribution in [2.45, 2.75) is 12.8 Å². The maximum absolute atomic E-state index is 12.5. The lowest BCUT2D eigenvalue weighted by atomic mass is 9.88. The van der Waals surface area contributed by atoms with Crippen molar-refractivity contribution in [2.24, 2.45) is 5.73 Å². The quantitative estimate of drug-likeness (QED) is 0.489. The number of aryl methyl sites for hydroxylation is 1. The molecular weight excluding hydrogens is 414 g/mol. The van der Waals surface area contributed by atoms with E-state index in [1.165, 1.54) is 36.4 Å². The van der Waals surface area contributed by atoms with Crippen molar-refractivity contribution in [3.63, 3.8) is 0 Å². The van der Waals surface area contributed by atoms with Crippen LogP contribution in [0, 0.1) is 28.4 Å². The van der Waals surface area contributed by atoms with E-state index in [9.17, 15) is 20.2 Å². The van der Waals surface area contributed by atoms with E-state index in [2.05, 4.69) is 0 Å². The van der Waals surface area contributed by atoms with Crippen molar-refractivity contribution in [3.05, 3.63) is 90.5 Å². The van der Waals surface area contributed by atoms with Gasteiger partial charge in [-0.2, -0.15) is 5.26 Å². The fourth-order valence-electron chi connectivity index (χ4n) is 3.27. The molecule has 0 amide bonds. The van der Waals surface area contributed by atoms with E-state index in [4.69, 9.17) is 30.9 Å². The molecule has 0 spiro atoms. The molecular formula is C20H12ClN3O6. The van der Waals surface area contributed by atoms with Crippen LogP contribution in [-0.4, -0.2) is 4.92 Å². The van der Waals surface area contributed by atoms with Gasteiger partial charge in [-0.25, -0.2) is 4.79 Å². The van der Waals surface area contributed by atoms with Crippen LogP contribution in [0.15, 0.2) is 61.5 Å². The molecule has 3 aromatic rings. The predicted molar refractivity (Wildman–Crippen MR) is 105 cm³/mol. The van der Waals surface area contributed by atoms with Crippen molar-refractivity contribution in [1.82, 2.24) is 0 Å². The van der Waals surface area contributed by atoms with Gasteiger partial charge in [0.25, 0.3) is 5.69 Å². The van der Waals surface area contributed by atoms with Gasteiger partial charge in [0.15, 0.2) is 0 Å². The summed E-state index contributed by atoms with van der Waals surface area (Å²) in [7, 11) is 0. The fourth-order valence-corrected chi connectivity index (χ4v) is 3.48. The molecule has 9 nitrogen and oxygen atoms in total. The number of halogens is 1. The Morgan fingerprint density at radius 3 is 2.70 bits per heavy atom. The molecule has 150 valence electrons. The lowest BCUT2D eigenvalue weighted by molar-refractivity contribution is -0.384. The van der Waals surface area contributed by atoms with Crippen LogP contribution in [0.4, 0.5) is 5.69 Å². The molecule has 2 aromatic heterocycles. The highest BCUT2D eigenvalue weighted by molar-refractivity contribution is 6.33. The van der Waals surface area contributed by atoms with Crippen molar-refractivity contribution in [2.75, 3.05) is 0 Å². The maximum atomic E-state index is 12.5. The molecule has 1 aromatic carbocycles. The van der Waals surface area contributed by atoms with Gasteiger partial charge in [-0.05, 0) is 25.1 Å². The van der Waals surface area contributed by atoms with E-state index >= 15 is 0 Å². The molecule has 30 heavy (non-hydrogen) atoms. The number of ether oxygens (including phenoxy) is 1. The number of nitrogens with zero attached hydrogens (tertiary/aromatic N) is 2. The Labute approximate surface area is 173 Å². The van der Waals surface area contributed by atoms with Gasteiger partial charge in [-0.15, -0.1) is 0 Å². The molecule has 0 radical (unpaired) electrons. The van der Waals surface area contributed by atoms with Crippen molar-refractivity contribution in [3.8, 4) is 23.1 Å². The van der Waals surface area contributed by atoms with E-state index in [0.29, 0.717) is 5.76 Å². The highest BCUT2D eigenvalue weighted by Gasteiger charge is 2.36. The molecule has 1 atom stereocenters. The molecule has 10 heteroatoms. The Morgan fingerprint density at radius 1 is 1.23 bits per heavy atom. The van der Waals surface area contributed by atoms with E-state index in [1.54, 1.807) is 6.92 Å². The lowest BCUT2D eigenvalue weighted by Gasteiger charge is -2.23. The fraction of sp³-hybridized carbons (Fsp3) is 0.100. The summed E-state index contributed by atoms with van der Waals surface area (Å²) in [5, 5.41) is 20.9. The first-order valence-corrected chi connectivity index (χ1v) is 8.94. The highest BCUT2D eigenvalue weighted by Crippen LogP contribution is 2.42. The molecule has 1 aliphatic heterocycles. The number of hydrogen-bond acceptors (Lipinski definition) is 8. The molecule has 2 N–H and O–H groups in total. The Balaban J connectivity index is 1.88. The van der Waals surface area contributed by atoms with E-state index in [0.717, 1.165) is 0 Å². The first-order valence-electron chi connectivity index (χ1n) is 8.56. The topological polar surface area (TPSA) is 146 Å². The van der Waals surface area contributed by atoms with Crippen molar-refractivity contribution in [1.29, 1.82) is 5.26 Å². The second-order valence-corrected chi connectivity index (χ2v) is 6.88. The monoisotopic (exact) mass is 425 g/mol. The van der Waals surface area contributed by atoms with Crippen molar-refractivity contribution >= 4 is 17.3 Å². The Kier molecular flexibility index (Phi) is 4.56. The lowest BCUT2D eigenvalue weighted by Crippen LogP contribution is -2.26. The number of nitriles is 1. The first-order chi connectivity index (χ1) is 14.3. The number of rotatable bonds is 3. The Bertz CT molecular complexity index is 1330. The van der Waals surface area contributed by atoms with Gasteiger partial charge in [-0.1, -0.05) is 11.6 Å². The van der Waals surface area contributed by atoms with Gasteiger partial charge in [-0.3, -0.25) is 10.1 Å². The smallest absolute Gasteiger partial charge is 0.344 e. The average Bonchev–Trinajstić information content (AvgIpc) is 3.16. The first kappa shape index (κ1) is 19.3. The third kappa shape index (κ3) is 3.09. The maximum Gasteiger partial charge on any atom is 0.344 e.